The number of nitrogens with zero attached hydrogens (tertiary/aromatic N) is 3. The van der Waals surface area contributed by atoms with Crippen LogP contribution in [0.1, 0.15) is 10.4 Å². The van der Waals surface area contributed by atoms with Gasteiger partial charge in [0.05, 0.1) is 33.1 Å². The van der Waals surface area contributed by atoms with Crippen LogP contribution in [0.4, 0.5) is 5.69 Å². The Morgan fingerprint density at radius 2 is 1.86 bits per heavy atom. The number of anilines is 1. The molecule has 0 spiro atoms. The number of hydrogen-bond donors (Lipinski definition) is 1. The molecule has 4 aromatic rings. The number of para-hydroxylation sites is 1. The summed E-state index contributed by atoms with van der Waals surface area (Å²) in [6, 6.07) is 12.2. The number of benzene rings is 2. The fourth-order valence-electron chi connectivity index (χ4n) is 2.78. The molecule has 0 radical (unpaired) electrons. The van der Waals surface area contributed by atoms with Gasteiger partial charge in [0.25, 0.3) is 5.91 Å². The van der Waals surface area contributed by atoms with E-state index in [0.29, 0.717) is 23.7 Å². The molecule has 1 amide bonds. The lowest BCUT2D eigenvalue weighted by molar-refractivity contribution is 0.102. The molecular weight excluding hydrogens is 399 g/mol. The van der Waals surface area contributed by atoms with Gasteiger partial charge in [-0.15, -0.1) is 0 Å². The highest BCUT2D eigenvalue weighted by molar-refractivity contribution is 6.40. The van der Waals surface area contributed by atoms with Crippen molar-refractivity contribution in [3.8, 4) is 5.75 Å². The Hall–Kier alpha value is -3.09. The van der Waals surface area contributed by atoms with Gasteiger partial charge in [0.1, 0.15) is 5.75 Å². The topological polar surface area (TPSA) is 69.0 Å². The molecule has 2 aromatic carbocycles. The number of aromatic nitrogens is 3. The number of hydrogen-bond acceptors (Lipinski definition) is 4. The van der Waals surface area contributed by atoms with Crippen molar-refractivity contribution in [3.05, 3.63) is 83.0 Å². The summed E-state index contributed by atoms with van der Waals surface area (Å²) >= 11 is 12.3. The minimum absolute atomic E-state index is 0.218. The first-order chi connectivity index (χ1) is 13.6. The quantitative estimate of drug-likeness (QED) is 0.499. The number of fused-ring (bicyclic) bond motifs is 1. The number of carbonyl (C=O) groups excluding carboxylic acids is 1. The molecule has 0 atom stereocenters. The lowest BCUT2D eigenvalue weighted by atomic mass is 10.1. The molecule has 4 rings (SSSR count). The third-order valence-corrected chi connectivity index (χ3v) is 4.73. The van der Waals surface area contributed by atoms with E-state index in [-0.39, 0.29) is 15.6 Å². The number of rotatable bonds is 5. The van der Waals surface area contributed by atoms with E-state index in [1.54, 1.807) is 53.6 Å². The lowest BCUT2D eigenvalue weighted by Gasteiger charge is -2.13. The Labute approximate surface area is 170 Å². The summed E-state index contributed by atoms with van der Waals surface area (Å²) in [5, 5.41) is 4.17. The zero-order valence-electron chi connectivity index (χ0n) is 14.5. The second-order valence-corrected chi connectivity index (χ2v) is 6.73. The van der Waals surface area contributed by atoms with Crippen LogP contribution in [0.15, 0.2) is 67.4 Å². The molecule has 0 aliphatic rings. The molecule has 0 aliphatic heterocycles. The summed E-state index contributed by atoms with van der Waals surface area (Å²) in [6.07, 6.45) is 6.79. The molecule has 140 valence electrons. The molecule has 0 fully saturated rings. The summed E-state index contributed by atoms with van der Waals surface area (Å²) in [5.41, 5.74) is 1.35. The van der Waals surface area contributed by atoms with E-state index in [2.05, 4.69) is 15.3 Å². The average molecular weight is 413 g/mol. The molecule has 0 bridgehead atoms. The minimum atomic E-state index is -0.408. The third kappa shape index (κ3) is 3.65. The van der Waals surface area contributed by atoms with Crippen molar-refractivity contribution in [1.29, 1.82) is 0 Å². The van der Waals surface area contributed by atoms with Crippen LogP contribution < -0.4 is 10.1 Å². The van der Waals surface area contributed by atoms with E-state index in [4.69, 9.17) is 27.9 Å². The first-order valence-electron chi connectivity index (χ1n) is 8.35. The largest absolute Gasteiger partial charge is 0.472 e. The number of nitrogens with one attached hydrogen (secondary N) is 1. The van der Waals surface area contributed by atoms with E-state index in [1.165, 1.54) is 0 Å². The van der Waals surface area contributed by atoms with Crippen LogP contribution in [0.25, 0.3) is 10.9 Å². The molecule has 2 aromatic heterocycles. The maximum Gasteiger partial charge on any atom is 0.258 e. The molecular formula is C20H14Cl2N4O2. The van der Waals surface area contributed by atoms with Gasteiger partial charge < -0.3 is 14.6 Å². The standard InChI is InChI=1S/C20H14Cl2N4O2/c21-14-4-2-5-15(22)18(14)20(27)25-16-6-1-3-13-17(7-8-24-19(13)16)28-12-26-10-9-23-11-26/h1-11H,12H2,(H,25,27). The Kier molecular flexibility index (Phi) is 5.14. The Morgan fingerprint density at radius 3 is 2.61 bits per heavy atom. The van der Waals surface area contributed by atoms with Gasteiger partial charge >= 0.3 is 0 Å². The van der Waals surface area contributed by atoms with Gasteiger partial charge in [-0.3, -0.25) is 9.78 Å². The molecule has 0 unspecified atom stereocenters. The second kappa shape index (κ2) is 7.88. The summed E-state index contributed by atoms with van der Waals surface area (Å²) < 4.78 is 7.68. The molecule has 2 heterocycles. The maximum atomic E-state index is 12.7. The number of halogens is 2. The SMILES string of the molecule is O=C(Nc1cccc2c(OCn3ccnc3)ccnc12)c1c(Cl)cccc1Cl. The molecule has 6 nitrogen and oxygen atoms in total. The van der Waals surface area contributed by atoms with Crippen LogP contribution >= 0.6 is 23.2 Å². The van der Waals surface area contributed by atoms with E-state index in [0.717, 1.165) is 5.39 Å². The Morgan fingerprint density at radius 1 is 1.07 bits per heavy atom. The van der Waals surface area contributed by atoms with Crippen LogP contribution in [0.2, 0.25) is 10.0 Å². The van der Waals surface area contributed by atoms with Crippen molar-refractivity contribution in [1.82, 2.24) is 14.5 Å². The summed E-state index contributed by atoms with van der Waals surface area (Å²) in [7, 11) is 0. The van der Waals surface area contributed by atoms with Crippen molar-refractivity contribution in [2.75, 3.05) is 5.32 Å². The van der Waals surface area contributed by atoms with Crippen molar-refractivity contribution in [2.45, 2.75) is 6.73 Å². The number of ether oxygens (including phenoxy) is 1. The van der Waals surface area contributed by atoms with E-state index in [1.807, 2.05) is 18.3 Å². The van der Waals surface area contributed by atoms with Crippen LogP contribution in [0.5, 0.6) is 5.75 Å². The lowest BCUT2D eigenvalue weighted by Crippen LogP contribution is -2.13. The Bertz CT molecular complexity index is 1130. The highest BCUT2D eigenvalue weighted by Gasteiger charge is 2.16. The fourth-order valence-corrected chi connectivity index (χ4v) is 3.35. The van der Waals surface area contributed by atoms with E-state index >= 15 is 0 Å². The van der Waals surface area contributed by atoms with Gasteiger partial charge in [-0.2, -0.15) is 0 Å². The van der Waals surface area contributed by atoms with Gasteiger partial charge in [-0.25, -0.2) is 4.98 Å². The number of carbonyl (C=O) groups is 1. The van der Waals surface area contributed by atoms with Gasteiger partial charge in [0.2, 0.25) is 0 Å². The first-order valence-corrected chi connectivity index (χ1v) is 9.11. The van der Waals surface area contributed by atoms with Gasteiger partial charge in [0, 0.05) is 24.0 Å². The monoisotopic (exact) mass is 412 g/mol. The third-order valence-electron chi connectivity index (χ3n) is 4.10. The summed E-state index contributed by atoms with van der Waals surface area (Å²) in [4.78, 5) is 21.1. The molecule has 28 heavy (non-hydrogen) atoms. The van der Waals surface area contributed by atoms with Crippen LogP contribution in [-0.2, 0) is 6.73 Å². The van der Waals surface area contributed by atoms with Gasteiger partial charge in [-0.05, 0) is 30.3 Å². The zero-order chi connectivity index (χ0) is 19.5. The fraction of sp³-hybridized carbons (Fsp3) is 0.0500. The summed E-state index contributed by atoms with van der Waals surface area (Å²) in [6.45, 7) is 0.310. The minimum Gasteiger partial charge on any atom is -0.472 e. The molecule has 0 saturated carbocycles. The number of amides is 1. The van der Waals surface area contributed by atoms with Crippen LogP contribution in [0, 0.1) is 0 Å². The highest BCUT2D eigenvalue weighted by Crippen LogP contribution is 2.31. The molecule has 8 heteroatoms. The van der Waals surface area contributed by atoms with Crippen molar-refractivity contribution < 1.29 is 9.53 Å². The van der Waals surface area contributed by atoms with E-state index in [9.17, 15) is 4.79 Å². The number of pyridine rings is 1. The van der Waals surface area contributed by atoms with Gasteiger partial charge in [0.15, 0.2) is 6.73 Å². The molecule has 0 saturated heterocycles. The number of imidazole rings is 1. The van der Waals surface area contributed by atoms with Crippen molar-refractivity contribution in [2.24, 2.45) is 0 Å². The van der Waals surface area contributed by atoms with Crippen LogP contribution in [0.3, 0.4) is 0 Å². The smallest absolute Gasteiger partial charge is 0.258 e. The van der Waals surface area contributed by atoms with Gasteiger partial charge in [-0.1, -0.05) is 35.3 Å². The van der Waals surface area contributed by atoms with Crippen molar-refractivity contribution in [3.63, 3.8) is 0 Å². The van der Waals surface area contributed by atoms with Crippen LogP contribution in [-0.4, -0.2) is 20.4 Å². The zero-order valence-corrected chi connectivity index (χ0v) is 16.0. The Balaban J connectivity index is 1.65. The maximum absolute atomic E-state index is 12.7. The molecule has 0 aliphatic carbocycles. The molecule has 1 N–H and O–H groups in total. The first kappa shape index (κ1) is 18.3. The predicted octanol–water partition coefficient (Wildman–Crippen LogP) is 5.03. The average Bonchev–Trinajstić information content (AvgIpc) is 3.20. The highest BCUT2D eigenvalue weighted by atomic mass is 35.5. The van der Waals surface area contributed by atoms with E-state index < -0.39 is 5.91 Å². The van der Waals surface area contributed by atoms with Crippen molar-refractivity contribution >= 4 is 45.7 Å². The summed E-state index contributed by atoms with van der Waals surface area (Å²) in [5.74, 6) is 0.236. The normalized spacial score (nSPS) is 10.8. The predicted molar refractivity (Wildman–Crippen MR) is 109 cm³/mol. The second-order valence-electron chi connectivity index (χ2n) is 5.91.